The smallest absolute Gasteiger partial charge is 0.0477 e. The van der Waals surface area contributed by atoms with Gasteiger partial charge < -0.3 is 10.6 Å². The molecule has 0 aromatic carbocycles. The Morgan fingerprint density at radius 2 is 2.00 bits per heavy atom. The molecule has 0 aromatic heterocycles. The molecule has 2 N–H and O–H groups in total. The van der Waals surface area contributed by atoms with Crippen LogP contribution in [0.3, 0.4) is 0 Å². The molecule has 3 heteroatoms. The molecule has 0 aromatic rings. The van der Waals surface area contributed by atoms with Crippen LogP contribution in [0.25, 0.3) is 0 Å². The second-order valence-electron chi connectivity index (χ2n) is 3.15. The van der Waals surface area contributed by atoms with Crippen molar-refractivity contribution in [3.63, 3.8) is 0 Å². The predicted octanol–water partition coefficient (Wildman–Crippen LogP) is 0.485. The molecule has 0 heterocycles. The van der Waals surface area contributed by atoms with E-state index in [1.807, 2.05) is 7.05 Å². The molecule has 0 atom stereocenters. The van der Waals surface area contributed by atoms with Gasteiger partial charge in [0.05, 0.1) is 0 Å². The van der Waals surface area contributed by atoms with Crippen LogP contribution in [0.15, 0.2) is 0 Å². The Kier molecular flexibility index (Phi) is 8.88. The fraction of sp³-hybridized carbons (Fsp3) is 1.00. The Labute approximate surface area is 76.5 Å². The Morgan fingerprint density at radius 3 is 2.58 bits per heavy atom. The molecule has 0 aliphatic carbocycles. The Hall–Kier alpha value is -0.120. The fourth-order valence-electron chi connectivity index (χ4n) is 1.07. The van der Waals surface area contributed by atoms with Gasteiger partial charge in [-0.15, -0.1) is 0 Å². The molecular formula is C9H23N3. The van der Waals surface area contributed by atoms with E-state index in [9.17, 15) is 0 Å². The first kappa shape index (κ1) is 11.9. The lowest BCUT2D eigenvalue weighted by Crippen LogP contribution is -2.31. The highest BCUT2D eigenvalue weighted by atomic mass is 15.2. The van der Waals surface area contributed by atoms with E-state index in [2.05, 4.69) is 29.5 Å². The van der Waals surface area contributed by atoms with Gasteiger partial charge in [-0.25, -0.2) is 0 Å². The van der Waals surface area contributed by atoms with Crippen LogP contribution in [0.5, 0.6) is 0 Å². The highest BCUT2D eigenvalue weighted by Gasteiger charge is 1.95. The standard InChI is InChI=1S/C9H23N3/c1-4-11-9-12(3)8-6-5-7-10-2/h10-11H,4-9H2,1-3H3. The lowest BCUT2D eigenvalue weighted by Gasteiger charge is -2.16. The van der Waals surface area contributed by atoms with Crippen molar-refractivity contribution in [2.75, 3.05) is 40.4 Å². The molecule has 0 saturated carbocycles. The third kappa shape index (κ3) is 7.98. The number of hydrogen-bond acceptors (Lipinski definition) is 3. The molecule has 0 saturated heterocycles. The maximum atomic E-state index is 3.30. The highest BCUT2D eigenvalue weighted by Crippen LogP contribution is 1.89. The molecule has 0 amide bonds. The van der Waals surface area contributed by atoms with Gasteiger partial charge in [0.15, 0.2) is 0 Å². The number of nitrogens with one attached hydrogen (secondary N) is 2. The molecule has 0 rings (SSSR count). The van der Waals surface area contributed by atoms with E-state index < -0.39 is 0 Å². The summed E-state index contributed by atoms with van der Waals surface area (Å²) >= 11 is 0. The van der Waals surface area contributed by atoms with Crippen LogP contribution in [0.4, 0.5) is 0 Å². The van der Waals surface area contributed by atoms with Gasteiger partial charge in [-0.2, -0.15) is 0 Å². The average molecular weight is 173 g/mol. The third-order valence-corrected chi connectivity index (χ3v) is 1.85. The lowest BCUT2D eigenvalue weighted by molar-refractivity contribution is 0.303. The zero-order valence-electron chi connectivity index (χ0n) is 8.69. The molecule has 74 valence electrons. The van der Waals surface area contributed by atoms with Crippen molar-refractivity contribution in [2.24, 2.45) is 0 Å². The summed E-state index contributed by atoms with van der Waals surface area (Å²) in [7, 11) is 4.16. The van der Waals surface area contributed by atoms with Crippen molar-refractivity contribution in [1.82, 2.24) is 15.5 Å². The van der Waals surface area contributed by atoms with Gasteiger partial charge in [-0.05, 0) is 46.6 Å². The highest BCUT2D eigenvalue weighted by molar-refractivity contribution is 4.51. The van der Waals surface area contributed by atoms with E-state index in [1.54, 1.807) is 0 Å². The van der Waals surface area contributed by atoms with Gasteiger partial charge >= 0.3 is 0 Å². The molecule has 0 fully saturated rings. The van der Waals surface area contributed by atoms with Crippen LogP contribution in [-0.2, 0) is 0 Å². The fourth-order valence-corrected chi connectivity index (χ4v) is 1.07. The van der Waals surface area contributed by atoms with Crippen molar-refractivity contribution in [1.29, 1.82) is 0 Å². The molecule has 0 aliphatic heterocycles. The minimum absolute atomic E-state index is 1.01. The monoisotopic (exact) mass is 173 g/mol. The van der Waals surface area contributed by atoms with E-state index in [1.165, 1.54) is 19.4 Å². The Bertz CT molecular complexity index is 85.8. The van der Waals surface area contributed by atoms with Crippen molar-refractivity contribution in [3.05, 3.63) is 0 Å². The molecule has 0 bridgehead atoms. The van der Waals surface area contributed by atoms with Crippen molar-refractivity contribution in [3.8, 4) is 0 Å². The van der Waals surface area contributed by atoms with Gasteiger partial charge in [-0.1, -0.05) is 6.92 Å². The van der Waals surface area contributed by atoms with Gasteiger partial charge in [0.2, 0.25) is 0 Å². The minimum Gasteiger partial charge on any atom is -0.320 e. The summed E-state index contributed by atoms with van der Waals surface area (Å²) in [5.41, 5.74) is 0. The van der Waals surface area contributed by atoms with Crippen LogP contribution in [0.2, 0.25) is 0 Å². The first-order valence-corrected chi connectivity index (χ1v) is 4.85. The van der Waals surface area contributed by atoms with Crippen LogP contribution < -0.4 is 10.6 Å². The second-order valence-corrected chi connectivity index (χ2v) is 3.15. The van der Waals surface area contributed by atoms with E-state index in [0.29, 0.717) is 0 Å². The van der Waals surface area contributed by atoms with Crippen LogP contribution in [-0.4, -0.2) is 45.3 Å². The SMILES string of the molecule is CCNCN(C)CCCCNC. The minimum atomic E-state index is 1.01. The molecule has 3 nitrogen and oxygen atoms in total. The maximum Gasteiger partial charge on any atom is 0.0477 e. The summed E-state index contributed by atoms with van der Waals surface area (Å²) in [6, 6.07) is 0. The average Bonchev–Trinajstić information content (AvgIpc) is 2.09. The van der Waals surface area contributed by atoms with Crippen molar-refractivity contribution in [2.45, 2.75) is 19.8 Å². The van der Waals surface area contributed by atoms with Crippen LogP contribution in [0, 0.1) is 0 Å². The quantitative estimate of drug-likeness (QED) is 0.413. The number of hydrogen-bond donors (Lipinski definition) is 2. The maximum absolute atomic E-state index is 3.30. The molecule has 0 unspecified atom stereocenters. The molecule has 12 heavy (non-hydrogen) atoms. The number of rotatable bonds is 8. The summed E-state index contributed by atoms with van der Waals surface area (Å²) in [5, 5.41) is 6.45. The second kappa shape index (κ2) is 8.97. The summed E-state index contributed by atoms with van der Waals surface area (Å²) in [6.07, 6.45) is 2.55. The zero-order chi connectivity index (χ0) is 9.23. The third-order valence-electron chi connectivity index (χ3n) is 1.85. The van der Waals surface area contributed by atoms with Gasteiger partial charge in [-0.3, -0.25) is 4.90 Å². The van der Waals surface area contributed by atoms with E-state index in [-0.39, 0.29) is 0 Å². The van der Waals surface area contributed by atoms with Gasteiger partial charge in [0, 0.05) is 6.67 Å². The van der Waals surface area contributed by atoms with E-state index in [0.717, 1.165) is 19.8 Å². The van der Waals surface area contributed by atoms with E-state index in [4.69, 9.17) is 0 Å². The number of unbranched alkanes of at least 4 members (excludes halogenated alkanes) is 1. The Morgan fingerprint density at radius 1 is 1.25 bits per heavy atom. The normalized spacial score (nSPS) is 11.0. The van der Waals surface area contributed by atoms with Crippen molar-refractivity contribution >= 4 is 0 Å². The first-order chi connectivity index (χ1) is 5.81. The van der Waals surface area contributed by atoms with Crippen LogP contribution in [0.1, 0.15) is 19.8 Å². The summed E-state index contributed by atoms with van der Waals surface area (Å²) in [4.78, 5) is 2.32. The largest absolute Gasteiger partial charge is 0.320 e. The lowest BCUT2D eigenvalue weighted by atomic mass is 10.3. The van der Waals surface area contributed by atoms with Crippen molar-refractivity contribution < 1.29 is 0 Å². The van der Waals surface area contributed by atoms with Gasteiger partial charge in [0.25, 0.3) is 0 Å². The summed E-state index contributed by atoms with van der Waals surface area (Å²) in [6.45, 7) is 6.52. The topological polar surface area (TPSA) is 27.3 Å². The zero-order valence-corrected chi connectivity index (χ0v) is 8.69. The predicted molar refractivity (Wildman–Crippen MR) is 54.3 cm³/mol. The summed E-state index contributed by atoms with van der Waals surface area (Å²) in [5.74, 6) is 0. The molecular weight excluding hydrogens is 150 g/mol. The number of nitrogens with zero attached hydrogens (tertiary/aromatic N) is 1. The molecule has 0 aliphatic rings. The van der Waals surface area contributed by atoms with Gasteiger partial charge in [0.1, 0.15) is 0 Å². The van der Waals surface area contributed by atoms with Crippen LogP contribution >= 0.6 is 0 Å². The Balaban J connectivity index is 3.02. The molecule has 0 radical (unpaired) electrons. The first-order valence-electron chi connectivity index (χ1n) is 4.85. The molecule has 0 spiro atoms. The van der Waals surface area contributed by atoms with E-state index >= 15 is 0 Å². The summed E-state index contributed by atoms with van der Waals surface area (Å²) < 4.78 is 0.